The Labute approximate surface area is 176 Å². The van der Waals surface area contributed by atoms with Gasteiger partial charge in [0.1, 0.15) is 6.61 Å². The summed E-state index contributed by atoms with van der Waals surface area (Å²) in [5.74, 6) is 0.849. The highest BCUT2D eigenvalue weighted by molar-refractivity contribution is 5.83. The van der Waals surface area contributed by atoms with Crippen LogP contribution < -0.4 is 0 Å². The summed E-state index contributed by atoms with van der Waals surface area (Å²) >= 11 is 0. The lowest BCUT2D eigenvalue weighted by Crippen LogP contribution is -2.61. The van der Waals surface area contributed by atoms with Crippen molar-refractivity contribution < 1.29 is 19.7 Å². The summed E-state index contributed by atoms with van der Waals surface area (Å²) in [5, 5.41) is 21.8. The van der Waals surface area contributed by atoms with E-state index in [4.69, 9.17) is 4.74 Å². The van der Waals surface area contributed by atoms with Gasteiger partial charge in [-0.25, -0.2) is 4.79 Å². The number of carbonyl (C=O) groups is 1. The lowest BCUT2D eigenvalue weighted by atomic mass is 9.42. The summed E-state index contributed by atoms with van der Waals surface area (Å²) in [4.78, 5) is 14.3. The van der Waals surface area contributed by atoms with Crippen molar-refractivity contribution in [2.24, 2.45) is 34.5 Å². The van der Waals surface area contributed by atoms with E-state index in [0.29, 0.717) is 18.4 Å². The van der Waals surface area contributed by atoms with E-state index in [1.807, 2.05) is 19.0 Å². The van der Waals surface area contributed by atoms with E-state index in [-0.39, 0.29) is 40.8 Å². The molecule has 0 saturated heterocycles. The highest BCUT2D eigenvalue weighted by Crippen LogP contribution is 2.64. The molecule has 0 bridgehead atoms. The molecule has 3 rings (SSSR count). The van der Waals surface area contributed by atoms with Crippen LogP contribution in [0.3, 0.4) is 0 Å². The third kappa shape index (κ3) is 4.15. The van der Waals surface area contributed by atoms with Gasteiger partial charge in [-0.05, 0) is 80.7 Å². The lowest BCUT2D eigenvalue weighted by Gasteiger charge is -2.64. The summed E-state index contributed by atoms with van der Waals surface area (Å²) in [7, 11) is 3.92. The molecular weight excluding hydrogens is 366 g/mol. The van der Waals surface area contributed by atoms with Gasteiger partial charge in [0.05, 0.1) is 12.2 Å². The Bertz CT molecular complexity index is 643. The normalized spacial score (nSPS) is 43.0. The molecule has 3 aliphatic rings. The third-order valence-electron chi connectivity index (χ3n) is 8.73. The number of allylic oxidation sites excluding steroid dienone is 1. The number of esters is 1. The maximum atomic E-state index is 12.3. The van der Waals surface area contributed by atoms with Gasteiger partial charge in [-0.1, -0.05) is 33.3 Å². The summed E-state index contributed by atoms with van der Waals surface area (Å²) in [6.45, 7) is 10.0. The van der Waals surface area contributed by atoms with E-state index in [0.717, 1.165) is 44.2 Å². The number of aliphatic hydroxyl groups is 2. The van der Waals surface area contributed by atoms with Gasteiger partial charge in [-0.2, -0.15) is 0 Å². The molecule has 0 spiro atoms. The quantitative estimate of drug-likeness (QED) is 0.553. The fourth-order valence-electron chi connectivity index (χ4n) is 6.93. The molecule has 0 aromatic rings. The number of carbonyl (C=O) groups excluding carboxylic acids is 1. The molecule has 3 aliphatic carbocycles. The van der Waals surface area contributed by atoms with E-state index < -0.39 is 0 Å². The minimum Gasteiger partial charge on any atom is -0.461 e. The second-order valence-corrected chi connectivity index (χ2v) is 10.9. The molecule has 0 aliphatic heterocycles. The number of fused-ring (bicyclic) bond motifs is 3. The number of ether oxygens (including phenoxy) is 1. The largest absolute Gasteiger partial charge is 0.461 e. The van der Waals surface area contributed by atoms with Crippen LogP contribution >= 0.6 is 0 Å². The van der Waals surface area contributed by atoms with Gasteiger partial charge >= 0.3 is 5.97 Å². The number of likely N-dealkylation sites (N-methyl/N-ethyl adjacent to an activating group) is 1. The van der Waals surface area contributed by atoms with E-state index in [2.05, 4.69) is 27.7 Å². The van der Waals surface area contributed by atoms with Gasteiger partial charge in [-0.3, -0.25) is 0 Å². The predicted octanol–water partition coefficient (Wildman–Crippen LogP) is 3.25. The van der Waals surface area contributed by atoms with E-state index in [1.165, 1.54) is 0 Å². The number of nitrogens with zero attached hydrogens (tertiary/aromatic N) is 1. The highest BCUT2D eigenvalue weighted by atomic mass is 16.5. The molecule has 2 N–H and O–H groups in total. The smallest absolute Gasteiger partial charge is 0.330 e. The molecule has 0 aromatic carbocycles. The highest BCUT2D eigenvalue weighted by Gasteiger charge is 2.60. The molecule has 29 heavy (non-hydrogen) atoms. The molecular formula is C24H41NO4. The number of hydrogen-bond acceptors (Lipinski definition) is 5. The first kappa shape index (κ1) is 22.8. The van der Waals surface area contributed by atoms with Gasteiger partial charge in [-0.15, -0.1) is 0 Å². The maximum Gasteiger partial charge on any atom is 0.330 e. The van der Waals surface area contributed by atoms with Crippen molar-refractivity contribution in [2.75, 3.05) is 27.2 Å². The number of rotatable bonds is 4. The van der Waals surface area contributed by atoms with Crippen LogP contribution in [-0.4, -0.2) is 60.5 Å². The molecule has 0 heterocycles. The summed E-state index contributed by atoms with van der Waals surface area (Å²) in [6, 6.07) is 0. The summed E-state index contributed by atoms with van der Waals surface area (Å²) in [5.41, 5.74) is 1.09. The van der Waals surface area contributed by atoms with Crippen LogP contribution in [0.4, 0.5) is 0 Å². The Morgan fingerprint density at radius 1 is 1.24 bits per heavy atom. The van der Waals surface area contributed by atoms with Crippen LogP contribution in [0, 0.1) is 34.5 Å². The SMILES string of the molecule is C[C@H]1C(=CC(=O)OCCN(C)C)CC[C@H]2[C@H]1[C@@H](O)C[C@H]1C(C)(C)[C@@H](O)CC[C@]21C. The average molecular weight is 408 g/mol. The van der Waals surface area contributed by atoms with E-state index in [1.54, 1.807) is 6.08 Å². The number of hydrogen-bond donors (Lipinski definition) is 2. The van der Waals surface area contributed by atoms with Gasteiger partial charge in [0.25, 0.3) is 0 Å². The fourth-order valence-corrected chi connectivity index (χ4v) is 6.93. The second kappa shape index (κ2) is 8.32. The fraction of sp³-hybridized carbons (Fsp3) is 0.875. The predicted molar refractivity (Wildman–Crippen MR) is 114 cm³/mol. The Morgan fingerprint density at radius 2 is 1.93 bits per heavy atom. The van der Waals surface area contributed by atoms with Crippen molar-refractivity contribution >= 4 is 5.97 Å². The zero-order chi connectivity index (χ0) is 21.6. The first-order chi connectivity index (χ1) is 13.5. The van der Waals surface area contributed by atoms with Crippen molar-refractivity contribution in [1.29, 1.82) is 0 Å². The number of aliphatic hydroxyl groups excluding tert-OH is 2. The van der Waals surface area contributed by atoms with Gasteiger partial charge in [0.2, 0.25) is 0 Å². The zero-order valence-corrected chi connectivity index (χ0v) is 19.1. The Morgan fingerprint density at radius 3 is 2.59 bits per heavy atom. The molecule has 0 amide bonds. The first-order valence-corrected chi connectivity index (χ1v) is 11.4. The topological polar surface area (TPSA) is 70.0 Å². The first-order valence-electron chi connectivity index (χ1n) is 11.4. The van der Waals surface area contributed by atoms with Crippen LogP contribution in [-0.2, 0) is 9.53 Å². The van der Waals surface area contributed by atoms with E-state index >= 15 is 0 Å². The van der Waals surface area contributed by atoms with Crippen LogP contribution in [0.5, 0.6) is 0 Å². The second-order valence-electron chi connectivity index (χ2n) is 10.9. The Balaban J connectivity index is 1.77. The minimum absolute atomic E-state index is 0.138. The summed E-state index contributed by atoms with van der Waals surface area (Å²) in [6.07, 6.45) is 5.51. The molecule has 166 valence electrons. The Hall–Kier alpha value is -0.910. The average Bonchev–Trinajstić information content (AvgIpc) is 2.63. The summed E-state index contributed by atoms with van der Waals surface area (Å²) < 4.78 is 5.36. The van der Waals surface area contributed by atoms with Crippen molar-refractivity contribution in [2.45, 2.75) is 72.0 Å². The standard InChI is InChI=1S/C24H41NO4/c1-15-16(13-21(28)29-12-11-25(5)6)7-8-17-22(15)18(26)14-19-23(2,3)20(27)9-10-24(17,19)4/h13,15,17-20,22,26-27H,7-12,14H2,1-6H3/t15-,17-,18-,19-,20-,22-,24+/m0/s1. The van der Waals surface area contributed by atoms with Crippen LogP contribution in [0.1, 0.15) is 59.8 Å². The van der Waals surface area contributed by atoms with Gasteiger partial charge in [0.15, 0.2) is 0 Å². The lowest BCUT2D eigenvalue weighted by molar-refractivity contribution is -0.190. The van der Waals surface area contributed by atoms with Crippen molar-refractivity contribution in [3.05, 3.63) is 11.6 Å². The molecule has 5 heteroatoms. The molecule has 0 unspecified atom stereocenters. The van der Waals surface area contributed by atoms with Gasteiger partial charge in [0, 0.05) is 12.6 Å². The third-order valence-corrected chi connectivity index (χ3v) is 8.73. The van der Waals surface area contributed by atoms with Crippen molar-refractivity contribution in [1.82, 2.24) is 4.90 Å². The molecule has 0 radical (unpaired) electrons. The van der Waals surface area contributed by atoms with E-state index in [9.17, 15) is 15.0 Å². The van der Waals surface area contributed by atoms with Crippen molar-refractivity contribution in [3.63, 3.8) is 0 Å². The van der Waals surface area contributed by atoms with Crippen LogP contribution in [0.2, 0.25) is 0 Å². The molecule has 7 atom stereocenters. The maximum absolute atomic E-state index is 12.3. The van der Waals surface area contributed by atoms with Crippen LogP contribution in [0.25, 0.3) is 0 Å². The molecule has 3 saturated carbocycles. The van der Waals surface area contributed by atoms with Crippen LogP contribution in [0.15, 0.2) is 11.6 Å². The monoisotopic (exact) mass is 407 g/mol. The Kier molecular flexibility index (Phi) is 6.53. The van der Waals surface area contributed by atoms with Gasteiger partial charge < -0.3 is 19.8 Å². The van der Waals surface area contributed by atoms with Crippen molar-refractivity contribution in [3.8, 4) is 0 Å². The zero-order valence-electron chi connectivity index (χ0n) is 19.1. The molecule has 5 nitrogen and oxygen atoms in total. The minimum atomic E-state index is -0.383. The molecule has 3 fully saturated rings. The molecule has 0 aromatic heterocycles.